The summed E-state index contributed by atoms with van der Waals surface area (Å²) in [6.07, 6.45) is 32.9. The van der Waals surface area contributed by atoms with Crippen molar-refractivity contribution in [2.24, 2.45) is 249 Å². The topological polar surface area (TPSA) is 114 Å². The summed E-state index contributed by atoms with van der Waals surface area (Å²) in [5.41, 5.74) is -0.579. The van der Waals surface area contributed by atoms with E-state index in [1.165, 1.54) is 128 Å². The highest BCUT2D eigenvalue weighted by molar-refractivity contribution is 5.76. The lowest BCUT2D eigenvalue weighted by Crippen LogP contribution is -2.58. The SMILES string of the molecule is CC1C(C)C2CC1C1C3CC(C(=O)OC4(C)C5CC6CC(C5)CC4C6)C(C3)C21.CC1C(C)C2CC1C1C3CC(C(=O)OC4(C)CCCCC4)C(C3)C21.CC1CCC(C(C)(C)OC(=O)C2CC3CC2C2C4CC(C(C)C4C)C32)CC1.CCOC(C)OC(=O)C1CC2CC1C1C3CC(C(C)C3C)C21. The van der Waals surface area contributed by atoms with Crippen molar-refractivity contribution in [3.05, 3.63) is 0 Å². The van der Waals surface area contributed by atoms with Crippen LogP contribution in [0.25, 0.3) is 0 Å². The summed E-state index contributed by atoms with van der Waals surface area (Å²) >= 11 is 0. The van der Waals surface area contributed by atoms with Crippen molar-refractivity contribution in [3.8, 4) is 0 Å². The summed E-state index contributed by atoms with van der Waals surface area (Å²) in [6, 6.07) is 0. The first-order valence-electron chi connectivity index (χ1n) is 44.7. The van der Waals surface area contributed by atoms with Crippen LogP contribution in [-0.4, -0.2) is 53.6 Å². The molecule has 37 unspecified atom stereocenters. The number of rotatable bonds is 11. The molecule has 22 rings (SSSR count). The molecule has 22 saturated carbocycles. The first-order chi connectivity index (χ1) is 48.2. The maximum Gasteiger partial charge on any atom is 0.311 e. The van der Waals surface area contributed by atoms with Crippen molar-refractivity contribution in [2.45, 2.75) is 294 Å². The fourth-order valence-corrected chi connectivity index (χ4v) is 35.2. The zero-order valence-electron chi connectivity index (χ0n) is 66.1. The molecule has 20 bridgehead atoms. The van der Waals surface area contributed by atoms with Gasteiger partial charge in [-0.1, -0.05) is 81.6 Å². The Balaban J connectivity index is 0.0000000972. The molecule has 37 atom stereocenters. The van der Waals surface area contributed by atoms with Gasteiger partial charge in [-0.2, -0.15) is 0 Å². The average molecular weight is 1390 g/mol. The molecule has 0 heterocycles. The zero-order chi connectivity index (χ0) is 70.3. The highest BCUT2D eigenvalue weighted by Crippen LogP contribution is 2.76. The molecule has 9 heteroatoms. The fourth-order valence-electron chi connectivity index (χ4n) is 35.2. The van der Waals surface area contributed by atoms with Gasteiger partial charge in [0, 0.05) is 6.61 Å². The van der Waals surface area contributed by atoms with Crippen LogP contribution in [0.1, 0.15) is 271 Å². The number of fused-ring (bicyclic) bond motifs is 36. The smallest absolute Gasteiger partial charge is 0.311 e. The van der Waals surface area contributed by atoms with E-state index in [9.17, 15) is 19.2 Å². The summed E-state index contributed by atoms with van der Waals surface area (Å²) in [6.45, 7) is 35.5. The lowest BCUT2D eigenvalue weighted by Gasteiger charge is -2.59. The van der Waals surface area contributed by atoms with Gasteiger partial charge >= 0.3 is 23.9 Å². The van der Waals surface area contributed by atoms with E-state index in [-0.39, 0.29) is 64.4 Å². The molecule has 9 nitrogen and oxygen atoms in total. The summed E-state index contributed by atoms with van der Waals surface area (Å²) < 4.78 is 29.9. The second-order valence-electron chi connectivity index (χ2n) is 43.5. The Bertz CT molecular complexity index is 3090. The summed E-state index contributed by atoms with van der Waals surface area (Å²) in [5.74, 6) is 33.5. The molecule has 101 heavy (non-hydrogen) atoms. The van der Waals surface area contributed by atoms with Gasteiger partial charge in [-0.05, 0) is 414 Å². The van der Waals surface area contributed by atoms with Crippen LogP contribution in [0.15, 0.2) is 0 Å². The fraction of sp³-hybridized carbons (Fsp3) is 0.957. The Labute approximate surface area is 612 Å². The molecule has 22 aliphatic carbocycles. The third-order valence-corrected chi connectivity index (χ3v) is 40.0. The van der Waals surface area contributed by atoms with E-state index in [1.54, 1.807) is 0 Å². The number of ether oxygens (including phenoxy) is 5. The van der Waals surface area contributed by atoms with E-state index in [0.29, 0.717) is 48.0 Å². The van der Waals surface area contributed by atoms with E-state index >= 15 is 0 Å². The molecule has 0 spiro atoms. The minimum absolute atomic E-state index is 0.00961. The third kappa shape index (κ3) is 11.0. The predicted octanol–water partition coefficient (Wildman–Crippen LogP) is 20.3. The maximum atomic E-state index is 13.6. The molecule has 22 aliphatic rings. The van der Waals surface area contributed by atoms with Crippen molar-refractivity contribution in [3.63, 3.8) is 0 Å². The summed E-state index contributed by atoms with van der Waals surface area (Å²) in [4.78, 5) is 52.4. The van der Waals surface area contributed by atoms with E-state index in [0.717, 1.165) is 222 Å². The average Bonchev–Trinajstić information content (AvgIpc) is 1.59. The van der Waals surface area contributed by atoms with Crippen molar-refractivity contribution in [1.82, 2.24) is 0 Å². The summed E-state index contributed by atoms with van der Waals surface area (Å²) in [7, 11) is 0. The second kappa shape index (κ2) is 25.7. The second-order valence-corrected chi connectivity index (χ2v) is 43.5. The first kappa shape index (κ1) is 70.5. The third-order valence-electron chi connectivity index (χ3n) is 40.0. The number of esters is 4. The molecular formula is C92H142O9. The minimum Gasteiger partial charge on any atom is -0.459 e. The van der Waals surface area contributed by atoms with Crippen LogP contribution in [-0.2, 0) is 42.9 Å². The van der Waals surface area contributed by atoms with E-state index in [2.05, 4.69) is 90.0 Å². The van der Waals surface area contributed by atoms with Crippen LogP contribution in [0.5, 0.6) is 0 Å². The Kier molecular flexibility index (Phi) is 18.0. The number of hydrogen-bond donors (Lipinski definition) is 0. The van der Waals surface area contributed by atoms with Crippen LogP contribution in [0.2, 0.25) is 0 Å². The lowest BCUT2D eigenvalue weighted by atomic mass is 9.50. The molecule has 0 radical (unpaired) electrons. The molecule has 0 aromatic heterocycles. The number of carbonyl (C=O) groups is 4. The standard InChI is InChI=1S/C26H38O2.C25H40O2.C22H34O2.C19H30O3/c1-12-13(2)20-11-19(12)23-16-9-21(24(20)23)22(10-16)25(27)28-26(3)17-5-14-4-15(7-17)8-18(26)6-14;1-13-6-8-17(9-7-13)25(4,5)27-24(26)21-11-16-10-20(21)23-19-12-18(22(16)23)14(2)15(19)3;1-12-13(2)16-11-15(12)19-14-9-17(20(16)19)18(10-14)21(23)24-22(3)7-5-4-6-8-22;1-5-21-11(4)22-19(20)16-7-12-6-15(16)18-14-8-13(17(12)18)9(2)10(14)3/h12-24H,4-11H2,1-3H3;13-23H,6-12H2,1-5H3;12-20H,4-11H2,1-3H3;9-18H,5-8H2,1-4H3. The van der Waals surface area contributed by atoms with Gasteiger partial charge in [-0.25, -0.2) is 0 Å². The Morgan fingerprint density at radius 3 is 1.09 bits per heavy atom. The van der Waals surface area contributed by atoms with Gasteiger partial charge in [0.15, 0.2) is 6.29 Å². The highest BCUT2D eigenvalue weighted by Gasteiger charge is 2.72. The van der Waals surface area contributed by atoms with Crippen molar-refractivity contribution in [2.75, 3.05) is 6.61 Å². The van der Waals surface area contributed by atoms with Gasteiger partial charge in [0.05, 0.1) is 23.7 Å². The predicted molar refractivity (Wildman–Crippen MR) is 394 cm³/mol. The molecule has 0 aromatic rings. The van der Waals surface area contributed by atoms with Crippen LogP contribution < -0.4 is 0 Å². The first-order valence-corrected chi connectivity index (χ1v) is 44.7. The van der Waals surface area contributed by atoms with E-state index in [4.69, 9.17) is 23.7 Å². The quantitative estimate of drug-likeness (QED) is 0.0863. The van der Waals surface area contributed by atoms with E-state index < -0.39 is 6.29 Å². The van der Waals surface area contributed by atoms with Crippen LogP contribution in [0.3, 0.4) is 0 Å². The maximum absolute atomic E-state index is 13.6. The van der Waals surface area contributed by atoms with Crippen molar-refractivity contribution in [1.29, 1.82) is 0 Å². The molecule has 0 saturated heterocycles. The van der Waals surface area contributed by atoms with Gasteiger partial charge in [-0.15, -0.1) is 0 Å². The van der Waals surface area contributed by atoms with Crippen molar-refractivity contribution >= 4 is 23.9 Å². The van der Waals surface area contributed by atoms with Crippen LogP contribution in [0, 0.1) is 249 Å². The van der Waals surface area contributed by atoms with Gasteiger partial charge < -0.3 is 23.7 Å². The molecule has 0 aromatic carbocycles. The molecular weight excluding hydrogens is 1250 g/mol. The molecule has 22 fully saturated rings. The van der Waals surface area contributed by atoms with Crippen LogP contribution in [0.4, 0.5) is 0 Å². The highest BCUT2D eigenvalue weighted by atomic mass is 16.7. The molecule has 0 N–H and O–H groups in total. The number of hydrogen-bond acceptors (Lipinski definition) is 9. The number of carbonyl (C=O) groups excluding carboxylic acids is 4. The van der Waals surface area contributed by atoms with Crippen LogP contribution >= 0.6 is 0 Å². The van der Waals surface area contributed by atoms with Gasteiger partial charge in [0.25, 0.3) is 0 Å². The Morgan fingerprint density at radius 2 is 0.723 bits per heavy atom. The largest absolute Gasteiger partial charge is 0.459 e. The van der Waals surface area contributed by atoms with Gasteiger partial charge in [0.1, 0.15) is 16.8 Å². The Morgan fingerprint density at radius 1 is 0.386 bits per heavy atom. The monoisotopic (exact) mass is 1390 g/mol. The van der Waals surface area contributed by atoms with Gasteiger partial charge in [0.2, 0.25) is 0 Å². The lowest BCUT2D eigenvalue weighted by molar-refractivity contribution is -0.209. The molecule has 0 aliphatic heterocycles. The zero-order valence-corrected chi connectivity index (χ0v) is 66.1. The van der Waals surface area contributed by atoms with Gasteiger partial charge in [-0.3, -0.25) is 19.2 Å². The summed E-state index contributed by atoms with van der Waals surface area (Å²) in [5, 5.41) is 0. The Hall–Kier alpha value is -2.16. The molecule has 564 valence electrons. The minimum atomic E-state index is -0.397. The normalized spacial score (nSPS) is 56.7. The molecule has 0 amide bonds. The van der Waals surface area contributed by atoms with E-state index in [1.807, 2.05) is 13.8 Å². The van der Waals surface area contributed by atoms with Crippen molar-refractivity contribution < 1.29 is 42.9 Å².